The van der Waals surface area contributed by atoms with Gasteiger partial charge >= 0.3 is 24.5 Å². The van der Waals surface area contributed by atoms with Gasteiger partial charge in [-0.05, 0) is 77.1 Å². The van der Waals surface area contributed by atoms with Crippen LogP contribution in [0.15, 0.2) is 60.9 Å². The Labute approximate surface area is 298 Å². The predicted molar refractivity (Wildman–Crippen MR) is 175 cm³/mol. The van der Waals surface area contributed by atoms with Crippen molar-refractivity contribution in [2.75, 3.05) is 25.7 Å². The molecule has 1 N–H and O–H groups in total. The second kappa shape index (κ2) is 16.2. The summed E-state index contributed by atoms with van der Waals surface area (Å²) in [5.74, 6) is -1.69. The number of rotatable bonds is 14. The van der Waals surface area contributed by atoms with Crippen LogP contribution in [0.2, 0.25) is 0 Å². The Balaban J connectivity index is 1.92. The Morgan fingerprint density at radius 3 is 1.89 bits per heavy atom. The maximum Gasteiger partial charge on any atom is 0.419 e. The lowest BCUT2D eigenvalue weighted by atomic mass is 9.91. The molecule has 0 bridgehead atoms. The number of anilines is 1. The molecule has 4 rings (SSSR count). The summed E-state index contributed by atoms with van der Waals surface area (Å²) in [5.41, 5.74) is -3.68. The molecule has 0 saturated heterocycles. The molecule has 17 heteroatoms. The molecule has 3 aromatic carbocycles. The fourth-order valence-electron chi connectivity index (χ4n) is 5.38. The third-order valence-electron chi connectivity index (χ3n) is 7.99. The largest absolute Gasteiger partial charge is 0.496 e. The second-order valence-corrected chi connectivity index (χ2v) is 12.2. The van der Waals surface area contributed by atoms with Gasteiger partial charge < -0.3 is 24.2 Å². The average molecular weight is 760 g/mol. The molecule has 0 atom stereocenters. The third kappa shape index (κ3) is 10.4. The van der Waals surface area contributed by atoms with Crippen molar-refractivity contribution in [2.45, 2.75) is 64.2 Å². The minimum absolute atomic E-state index is 0.0131. The van der Waals surface area contributed by atoms with Gasteiger partial charge in [0, 0.05) is 25.1 Å². The minimum Gasteiger partial charge on any atom is -0.496 e. The summed E-state index contributed by atoms with van der Waals surface area (Å²) in [6.07, 6.45) is -12.9. The molecule has 4 aromatic rings. The monoisotopic (exact) mass is 759 g/mol. The topological polar surface area (TPSA) is 94.0 Å². The maximum atomic E-state index is 14.4. The summed E-state index contributed by atoms with van der Waals surface area (Å²) in [6, 6.07) is 7.91. The molecule has 0 radical (unpaired) electrons. The van der Waals surface area contributed by atoms with E-state index in [1.807, 2.05) is 13.8 Å². The van der Waals surface area contributed by atoms with Crippen molar-refractivity contribution in [1.82, 2.24) is 9.97 Å². The van der Waals surface area contributed by atoms with Crippen molar-refractivity contribution in [3.05, 3.63) is 94.3 Å². The summed E-state index contributed by atoms with van der Waals surface area (Å²) in [5, 5.41) is 8.84. The first-order chi connectivity index (χ1) is 24.7. The number of methoxy groups -OCH3 is 2. The summed E-state index contributed by atoms with van der Waals surface area (Å²) in [7, 11) is 2.34. The van der Waals surface area contributed by atoms with Crippen LogP contribution in [0.25, 0.3) is 11.1 Å². The van der Waals surface area contributed by atoms with Crippen LogP contribution in [0.5, 0.6) is 17.2 Å². The number of carboxylic acid groups (broad SMARTS) is 1. The number of hydrogen-bond acceptors (Lipinski definition) is 7. The van der Waals surface area contributed by atoms with Gasteiger partial charge in [-0.2, -0.15) is 39.5 Å². The van der Waals surface area contributed by atoms with Crippen LogP contribution in [-0.4, -0.2) is 41.9 Å². The molecule has 0 saturated carbocycles. The van der Waals surface area contributed by atoms with E-state index in [1.165, 1.54) is 12.0 Å². The van der Waals surface area contributed by atoms with Crippen LogP contribution < -0.4 is 19.1 Å². The van der Waals surface area contributed by atoms with Crippen molar-refractivity contribution in [2.24, 2.45) is 0 Å². The standard InChI is InChI=1S/C36H34F9N3O5/c1-20(2)22-7-8-30(51-3)28(12-22)27-15-29(36(43,44)45)31(52-4)13-23(27)19-48(33-46-16-26(17-47-33)53-9-5-6-32(49)50)18-21-10-24(34(37,38)39)14-25(11-21)35(40,41)42/h7-8,10-17,20H,5-6,9,18-19H2,1-4H3,(H,49,50). The molecule has 286 valence electrons. The van der Waals surface area contributed by atoms with Crippen molar-refractivity contribution in [3.8, 4) is 28.4 Å². The van der Waals surface area contributed by atoms with E-state index >= 15 is 0 Å². The molecular formula is C36H34F9N3O5. The SMILES string of the molecule is COc1ccc(C(C)C)cc1-c1cc(C(F)(F)F)c(OC)cc1CN(Cc1cc(C(F)(F)F)cc(C(F)(F)F)c1)c1ncc(OCCCC(=O)O)cn1. The Kier molecular flexibility index (Phi) is 12.4. The number of benzene rings is 3. The van der Waals surface area contributed by atoms with Crippen molar-refractivity contribution in [3.63, 3.8) is 0 Å². The van der Waals surface area contributed by atoms with Crippen LogP contribution in [0.1, 0.15) is 66.0 Å². The van der Waals surface area contributed by atoms with E-state index in [9.17, 15) is 44.3 Å². The van der Waals surface area contributed by atoms with Crippen molar-refractivity contribution < 1.29 is 63.6 Å². The summed E-state index contributed by atoms with van der Waals surface area (Å²) < 4.78 is 142. The quantitative estimate of drug-likeness (QED) is 0.100. The smallest absolute Gasteiger partial charge is 0.419 e. The minimum atomic E-state index is -5.15. The van der Waals surface area contributed by atoms with E-state index in [0.717, 1.165) is 37.2 Å². The van der Waals surface area contributed by atoms with Crippen LogP contribution >= 0.6 is 0 Å². The maximum absolute atomic E-state index is 14.4. The normalized spacial score (nSPS) is 12.2. The summed E-state index contributed by atoms with van der Waals surface area (Å²) >= 11 is 0. The van der Waals surface area contributed by atoms with Gasteiger partial charge in [0.05, 0.1) is 49.9 Å². The number of ether oxygens (including phenoxy) is 3. The van der Waals surface area contributed by atoms with Gasteiger partial charge in [-0.15, -0.1) is 0 Å². The Hall–Kier alpha value is -5.22. The number of carbonyl (C=O) groups is 1. The molecule has 0 amide bonds. The first-order valence-electron chi connectivity index (χ1n) is 15.9. The lowest BCUT2D eigenvalue weighted by molar-refractivity contribution is -0.143. The number of hydrogen-bond donors (Lipinski definition) is 1. The van der Waals surface area contributed by atoms with Crippen LogP contribution in [0.4, 0.5) is 45.5 Å². The molecule has 1 heterocycles. The van der Waals surface area contributed by atoms with Crippen molar-refractivity contribution in [1.29, 1.82) is 0 Å². The van der Waals surface area contributed by atoms with E-state index in [4.69, 9.17) is 19.3 Å². The average Bonchev–Trinajstić information content (AvgIpc) is 3.08. The molecule has 8 nitrogen and oxygen atoms in total. The third-order valence-corrected chi connectivity index (χ3v) is 7.99. The highest BCUT2D eigenvalue weighted by Crippen LogP contribution is 2.44. The van der Waals surface area contributed by atoms with Gasteiger partial charge in [0.15, 0.2) is 5.75 Å². The number of alkyl halides is 9. The van der Waals surface area contributed by atoms with Crippen molar-refractivity contribution >= 4 is 11.9 Å². The number of carboxylic acids is 1. The zero-order valence-electron chi connectivity index (χ0n) is 28.7. The van der Waals surface area contributed by atoms with Gasteiger partial charge in [-0.3, -0.25) is 4.79 Å². The summed E-state index contributed by atoms with van der Waals surface area (Å²) in [4.78, 5) is 20.4. The lowest BCUT2D eigenvalue weighted by Crippen LogP contribution is -2.25. The first kappa shape index (κ1) is 40.5. The number of aliphatic carboxylic acids is 1. The second-order valence-electron chi connectivity index (χ2n) is 12.2. The lowest BCUT2D eigenvalue weighted by Gasteiger charge is -2.27. The molecule has 0 aliphatic carbocycles. The van der Waals surface area contributed by atoms with Gasteiger partial charge in [0.25, 0.3) is 0 Å². The molecule has 0 fully saturated rings. The molecule has 0 unspecified atom stereocenters. The van der Waals surface area contributed by atoms with Gasteiger partial charge in [-0.25, -0.2) is 9.97 Å². The van der Waals surface area contributed by atoms with Gasteiger partial charge in [0.1, 0.15) is 11.5 Å². The van der Waals surface area contributed by atoms with Gasteiger partial charge in [0.2, 0.25) is 5.95 Å². The molecule has 0 spiro atoms. The molecule has 1 aromatic heterocycles. The Bertz CT molecular complexity index is 1860. The molecule has 0 aliphatic heterocycles. The molecule has 53 heavy (non-hydrogen) atoms. The fraction of sp³-hybridized carbons (Fsp3) is 0.361. The molecular weight excluding hydrogens is 725 g/mol. The van der Waals surface area contributed by atoms with Crippen LogP contribution in [0.3, 0.4) is 0 Å². The van der Waals surface area contributed by atoms with E-state index < -0.39 is 65.6 Å². The van der Waals surface area contributed by atoms with E-state index in [2.05, 4.69) is 9.97 Å². The Morgan fingerprint density at radius 2 is 1.38 bits per heavy atom. The van der Waals surface area contributed by atoms with E-state index in [1.54, 1.807) is 18.2 Å². The Morgan fingerprint density at radius 1 is 0.774 bits per heavy atom. The zero-order valence-corrected chi connectivity index (χ0v) is 28.7. The summed E-state index contributed by atoms with van der Waals surface area (Å²) in [6.45, 7) is 2.58. The van der Waals surface area contributed by atoms with Gasteiger partial charge in [-0.1, -0.05) is 19.9 Å². The number of aromatic nitrogens is 2. The highest BCUT2D eigenvalue weighted by molar-refractivity contribution is 5.76. The highest BCUT2D eigenvalue weighted by Gasteiger charge is 2.38. The number of nitrogens with zero attached hydrogens (tertiary/aromatic N) is 3. The molecule has 0 aliphatic rings. The zero-order chi connectivity index (χ0) is 39.3. The fourth-order valence-corrected chi connectivity index (χ4v) is 5.38. The first-order valence-corrected chi connectivity index (χ1v) is 15.9. The van der Waals surface area contributed by atoms with Crippen LogP contribution in [0, 0.1) is 0 Å². The van der Waals surface area contributed by atoms with E-state index in [-0.39, 0.29) is 65.6 Å². The van der Waals surface area contributed by atoms with Crippen LogP contribution in [-0.2, 0) is 36.4 Å². The number of halogens is 9. The van der Waals surface area contributed by atoms with E-state index in [0.29, 0.717) is 12.1 Å². The predicted octanol–water partition coefficient (Wildman–Crippen LogP) is 9.79. The highest BCUT2D eigenvalue weighted by atomic mass is 19.4.